The molecule has 0 amide bonds. The lowest BCUT2D eigenvalue weighted by Crippen LogP contribution is -2.32. The Morgan fingerprint density at radius 2 is 1.90 bits per heavy atom. The third-order valence-electron chi connectivity index (χ3n) is 9.40. The summed E-state index contributed by atoms with van der Waals surface area (Å²) in [6.45, 7) is 14.2. The summed E-state index contributed by atoms with van der Waals surface area (Å²) >= 11 is 0. The highest BCUT2D eigenvalue weighted by Gasteiger charge is 2.56. The molecule has 6 heterocycles. The van der Waals surface area contributed by atoms with E-state index < -0.39 is 44.4 Å². The number of cyclic esters (lactones) is 1. The molecule has 280 valence electrons. The predicted molar refractivity (Wildman–Crippen MR) is 187 cm³/mol. The van der Waals surface area contributed by atoms with E-state index in [-0.39, 0.29) is 32.4 Å². The maximum Gasteiger partial charge on any atom is 0.342 e. The number of nitrogens with zero attached hydrogens (tertiary/aromatic N) is 7. The van der Waals surface area contributed by atoms with Crippen molar-refractivity contribution in [3.05, 3.63) is 46.8 Å². The number of carbonyl (C=O) groups is 1. The van der Waals surface area contributed by atoms with Crippen LogP contribution in [0.15, 0.2) is 18.9 Å². The number of rotatable bonds is 15. The average molecular weight is 739 g/mol. The number of aryl methyl sites for hydroxylation is 1. The number of anilines is 1. The molecule has 4 atom stereocenters. The SMILES string of the molecule is COc1c(C)c2c(c(OCOCC[Si](C)(C)C)c1CCn1cc(COC[C@H]3O[C@@H](n4cnc5c(N)ncnc54)[C@@H]4OC(C)(C)O[C@@H]43)nn1)C(=O)OC2. The van der Waals surface area contributed by atoms with Crippen molar-refractivity contribution in [2.24, 2.45) is 0 Å². The Balaban J connectivity index is 1.00. The van der Waals surface area contributed by atoms with Gasteiger partial charge in [0.1, 0.15) is 59.5 Å². The number of nitrogen functional groups attached to an aromatic ring is 1. The van der Waals surface area contributed by atoms with E-state index in [1.165, 1.54) is 6.33 Å². The minimum absolute atomic E-state index is 0.0118. The Labute approximate surface area is 302 Å². The number of fused-ring (bicyclic) bond motifs is 3. The second-order valence-electron chi connectivity index (χ2n) is 14.8. The molecular weight excluding hydrogens is 693 g/mol. The van der Waals surface area contributed by atoms with Crippen LogP contribution in [-0.4, -0.2) is 99.8 Å². The molecule has 1 aromatic carbocycles. The molecule has 0 unspecified atom stereocenters. The highest BCUT2D eigenvalue weighted by Crippen LogP contribution is 2.45. The van der Waals surface area contributed by atoms with Crippen molar-refractivity contribution >= 4 is 31.0 Å². The van der Waals surface area contributed by atoms with Gasteiger partial charge in [-0.15, -0.1) is 5.10 Å². The van der Waals surface area contributed by atoms with Crippen molar-refractivity contribution in [1.29, 1.82) is 0 Å². The zero-order chi connectivity index (χ0) is 36.8. The van der Waals surface area contributed by atoms with Gasteiger partial charge in [0.25, 0.3) is 0 Å². The number of aromatic nitrogens is 7. The van der Waals surface area contributed by atoms with Gasteiger partial charge in [-0.2, -0.15) is 0 Å². The van der Waals surface area contributed by atoms with Gasteiger partial charge in [0.15, 0.2) is 30.3 Å². The van der Waals surface area contributed by atoms with Crippen molar-refractivity contribution in [3.63, 3.8) is 0 Å². The molecule has 7 rings (SSSR count). The van der Waals surface area contributed by atoms with Crippen LogP contribution in [0.4, 0.5) is 5.82 Å². The third-order valence-corrected chi connectivity index (χ3v) is 11.1. The van der Waals surface area contributed by atoms with Gasteiger partial charge in [-0.05, 0) is 38.8 Å². The summed E-state index contributed by atoms with van der Waals surface area (Å²) in [6.07, 6.45) is 3.47. The third kappa shape index (κ3) is 7.22. The molecule has 0 saturated carbocycles. The molecule has 2 saturated heterocycles. The molecule has 3 aliphatic rings. The molecule has 3 aliphatic heterocycles. The van der Waals surface area contributed by atoms with Gasteiger partial charge >= 0.3 is 5.97 Å². The number of methoxy groups -OCH3 is 1. The number of esters is 1. The van der Waals surface area contributed by atoms with Crippen LogP contribution in [0.2, 0.25) is 25.7 Å². The molecule has 0 spiro atoms. The van der Waals surface area contributed by atoms with Crippen molar-refractivity contribution in [3.8, 4) is 11.5 Å². The van der Waals surface area contributed by atoms with Crippen LogP contribution in [0.25, 0.3) is 11.2 Å². The Kier molecular flexibility index (Phi) is 9.96. The summed E-state index contributed by atoms with van der Waals surface area (Å²) < 4.78 is 51.8. The van der Waals surface area contributed by atoms with E-state index in [1.807, 2.05) is 27.0 Å². The van der Waals surface area contributed by atoms with Gasteiger partial charge < -0.3 is 43.6 Å². The normalized spacial score (nSPS) is 22.2. The van der Waals surface area contributed by atoms with Crippen LogP contribution in [0, 0.1) is 6.92 Å². The van der Waals surface area contributed by atoms with Crippen LogP contribution >= 0.6 is 0 Å². The van der Waals surface area contributed by atoms with Crippen LogP contribution in [0.3, 0.4) is 0 Å². The fraction of sp³-hybridized carbons (Fsp3) is 0.588. The number of hydrogen-bond acceptors (Lipinski definition) is 15. The van der Waals surface area contributed by atoms with E-state index in [2.05, 4.69) is 44.9 Å². The van der Waals surface area contributed by atoms with Crippen molar-refractivity contribution in [1.82, 2.24) is 34.5 Å². The van der Waals surface area contributed by atoms with Crippen LogP contribution in [0.1, 0.15) is 52.8 Å². The zero-order valence-electron chi connectivity index (χ0n) is 30.6. The van der Waals surface area contributed by atoms with Crippen LogP contribution < -0.4 is 15.2 Å². The number of carbonyl (C=O) groups excluding carboxylic acids is 1. The fourth-order valence-corrected chi connectivity index (χ4v) is 7.60. The monoisotopic (exact) mass is 738 g/mol. The molecule has 0 bridgehead atoms. The number of nitrogens with two attached hydrogens (primary N) is 1. The topological polar surface area (TPSA) is 191 Å². The second-order valence-corrected chi connectivity index (χ2v) is 20.4. The Morgan fingerprint density at radius 3 is 2.69 bits per heavy atom. The van der Waals surface area contributed by atoms with Gasteiger partial charge in [0.2, 0.25) is 0 Å². The lowest BCUT2D eigenvalue weighted by molar-refractivity contribution is -0.202. The van der Waals surface area contributed by atoms with E-state index in [9.17, 15) is 4.79 Å². The minimum atomic E-state index is -1.27. The highest BCUT2D eigenvalue weighted by atomic mass is 28.3. The first-order chi connectivity index (χ1) is 24.8. The van der Waals surface area contributed by atoms with E-state index in [0.29, 0.717) is 53.5 Å². The summed E-state index contributed by atoms with van der Waals surface area (Å²) in [6, 6.07) is 1.00. The molecule has 3 aromatic heterocycles. The maximum atomic E-state index is 12.9. The molecule has 0 radical (unpaired) electrons. The van der Waals surface area contributed by atoms with Crippen molar-refractivity contribution < 1.29 is 42.7 Å². The lowest BCUT2D eigenvalue weighted by Gasteiger charge is -2.24. The molecule has 2 N–H and O–H groups in total. The van der Waals surface area contributed by atoms with Crippen LogP contribution in [-0.2, 0) is 54.6 Å². The van der Waals surface area contributed by atoms with Gasteiger partial charge in [-0.1, -0.05) is 24.9 Å². The number of ether oxygens (including phenoxy) is 8. The van der Waals surface area contributed by atoms with E-state index in [1.54, 1.807) is 22.7 Å². The number of benzene rings is 1. The molecule has 2 fully saturated rings. The Morgan fingerprint density at radius 1 is 1.10 bits per heavy atom. The number of imidazole rings is 1. The first-order valence-electron chi connectivity index (χ1n) is 17.3. The molecule has 52 heavy (non-hydrogen) atoms. The quantitative estimate of drug-likeness (QED) is 0.0806. The summed E-state index contributed by atoms with van der Waals surface area (Å²) in [5.41, 5.74) is 10.5. The fourth-order valence-electron chi connectivity index (χ4n) is 6.84. The van der Waals surface area contributed by atoms with Crippen molar-refractivity contribution in [2.75, 3.05) is 32.9 Å². The van der Waals surface area contributed by atoms with Crippen LogP contribution in [0.5, 0.6) is 11.5 Å². The molecule has 0 aliphatic carbocycles. The Bertz CT molecular complexity index is 1940. The zero-order valence-corrected chi connectivity index (χ0v) is 31.6. The first kappa shape index (κ1) is 36.2. The van der Waals surface area contributed by atoms with Gasteiger partial charge in [0.05, 0.1) is 32.8 Å². The molecule has 17 nitrogen and oxygen atoms in total. The largest absolute Gasteiger partial charge is 0.496 e. The maximum absolute atomic E-state index is 12.9. The van der Waals surface area contributed by atoms with E-state index >= 15 is 0 Å². The number of hydrogen-bond donors (Lipinski definition) is 1. The smallest absolute Gasteiger partial charge is 0.342 e. The lowest BCUT2D eigenvalue weighted by atomic mass is 9.95. The molecule has 4 aromatic rings. The standard InChI is InChI=1S/C34H46N8O9Si/c1-19-22-14-47-33(43)24(22)27(48-18-45-10-11-52(5,6)7)21(26(19)44-4)8-9-41-12-20(39-40-41)13-46-15-23-28-29(51-34(2,3)50-28)32(49-23)42-17-38-25-30(35)36-16-37-31(25)42/h12,16-17,23,28-29,32H,8-11,13-15,18H2,1-7H3,(H2,35,36,37)/t23-,28-,29-,32-/m1/s1. The Hall–Kier alpha value is -4.20. The highest BCUT2D eigenvalue weighted by molar-refractivity contribution is 6.76. The van der Waals surface area contributed by atoms with E-state index in [4.69, 9.17) is 43.6 Å². The van der Waals surface area contributed by atoms with Gasteiger partial charge in [-0.25, -0.2) is 19.7 Å². The summed E-state index contributed by atoms with van der Waals surface area (Å²) in [4.78, 5) is 25.7. The summed E-state index contributed by atoms with van der Waals surface area (Å²) in [5.74, 6) is 0.123. The first-order valence-corrected chi connectivity index (χ1v) is 21.0. The summed E-state index contributed by atoms with van der Waals surface area (Å²) in [7, 11) is 0.339. The van der Waals surface area contributed by atoms with Gasteiger partial charge in [-0.3, -0.25) is 9.25 Å². The van der Waals surface area contributed by atoms with Gasteiger partial charge in [0, 0.05) is 32.4 Å². The van der Waals surface area contributed by atoms with Crippen molar-refractivity contribution in [2.45, 2.75) is 103 Å². The average Bonchev–Trinajstić information content (AvgIpc) is 3.91. The molecule has 18 heteroatoms. The molecular formula is C34H46N8O9Si. The van der Waals surface area contributed by atoms with E-state index in [0.717, 1.165) is 22.7 Å². The minimum Gasteiger partial charge on any atom is -0.496 e. The second kappa shape index (κ2) is 14.3. The summed E-state index contributed by atoms with van der Waals surface area (Å²) in [5, 5.41) is 8.65. The predicted octanol–water partition coefficient (Wildman–Crippen LogP) is 3.56.